The van der Waals surface area contributed by atoms with Crippen LogP contribution in [0.25, 0.3) is 0 Å². The minimum atomic E-state index is 0.634. The molecule has 3 nitrogen and oxygen atoms in total. The summed E-state index contributed by atoms with van der Waals surface area (Å²) in [4.78, 5) is 2.56. The fourth-order valence-corrected chi connectivity index (χ4v) is 2.96. The molecule has 1 aromatic rings. The lowest BCUT2D eigenvalue weighted by molar-refractivity contribution is 0.120. The highest BCUT2D eigenvalue weighted by molar-refractivity contribution is 5.57. The Labute approximate surface area is 123 Å². The summed E-state index contributed by atoms with van der Waals surface area (Å²) in [5.74, 6) is 0.653. The second-order valence-electron chi connectivity index (χ2n) is 5.74. The van der Waals surface area contributed by atoms with Crippen molar-refractivity contribution in [3.63, 3.8) is 0 Å². The van der Waals surface area contributed by atoms with Gasteiger partial charge in [-0.1, -0.05) is 25.1 Å². The summed E-state index contributed by atoms with van der Waals surface area (Å²) in [6.07, 6.45) is 2.42. The van der Waals surface area contributed by atoms with E-state index < -0.39 is 0 Å². The van der Waals surface area contributed by atoms with Gasteiger partial charge in [-0.3, -0.25) is 4.90 Å². The Balaban J connectivity index is 1.89. The van der Waals surface area contributed by atoms with Gasteiger partial charge in [-0.25, -0.2) is 0 Å². The SMILES string of the molecule is CCC(C)N(CCOC)CCC1CNc2ccccc21. The summed E-state index contributed by atoms with van der Waals surface area (Å²) in [5, 5.41) is 3.52. The first-order valence-electron chi connectivity index (χ1n) is 7.82. The van der Waals surface area contributed by atoms with Gasteiger partial charge in [0.1, 0.15) is 0 Å². The van der Waals surface area contributed by atoms with Crippen molar-refractivity contribution in [2.24, 2.45) is 0 Å². The number of para-hydroxylation sites is 1. The van der Waals surface area contributed by atoms with Crippen molar-refractivity contribution in [2.45, 2.75) is 38.6 Å². The van der Waals surface area contributed by atoms with Crippen LogP contribution in [0.15, 0.2) is 24.3 Å². The van der Waals surface area contributed by atoms with Crippen molar-refractivity contribution < 1.29 is 4.74 Å². The second kappa shape index (κ2) is 7.65. The Morgan fingerprint density at radius 1 is 1.35 bits per heavy atom. The van der Waals surface area contributed by atoms with Crippen LogP contribution in [0.4, 0.5) is 5.69 Å². The average Bonchev–Trinajstić information content (AvgIpc) is 2.90. The van der Waals surface area contributed by atoms with Gasteiger partial charge in [0.15, 0.2) is 0 Å². The molecule has 2 rings (SSSR count). The molecule has 0 amide bonds. The molecule has 0 aromatic heterocycles. The molecule has 1 N–H and O–H groups in total. The zero-order valence-electron chi connectivity index (χ0n) is 13.1. The molecule has 0 aliphatic carbocycles. The van der Waals surface area contributed by atoms with Crippen LogP contribution in [0.2, 0.25) is 0 Å². The highest BCUT2D eigenvalue weighted by Gasteiger charge is 2.22. The van der Waals surface area contributed by atoms with Crippen LogP contribution in [0.3, 0.4) is 0 Å². The van der Waals surface area contributed by atoms with Crippen LogP contribution < -0.4 is 5.32 Å². The lowest BCUT2D eigenvalue weighted by atomic mass is 9.97. The lowest BCUT2D eigenvalue weighted by Gasteiger charge is -2.29. The van der Waals surface area contributed by atoms with Crippen LogP contribution in [0.5, 0.6) is 0 Å². The van der Waals surface area contributed by atoms with Gasteiger partial charge in [0, 0.05) is 37.8 Å². The normalized spacial score (nSPS) is 18.9. The Morgan fingerprint density at radius 3 is 2.90 bits per heavy atom. The van der Waals surface area contributed by atoms with E-state index in [1.807, 2.05) is 0 Å². The molecule has 0 saturated heterocycles. The predicted molar refractivity (Wildman–Crippen MR) is 85.5 cm³/mol. The summed E-state index contributed by atoms with van der Waals surface area (Å²) in [5.41, 5.74) is 2.81. The van der Waals surface area contributed by atoms with Gasteiger partial charge >= 0.3 is 0 Å². The first-order chi connectivity index (χ1) is 9.76. The summed E-state index contributed by atoms with van der Waals surface area (Å²) in [6, 6.07) is 9.35. The molecule has 1 heterocycles. The first-order valence-corrected chi connectivity index (χ1v) is 7.82. The third-order valence-corrected chi connectivity index (χ3v) is 4.50. The fourth-order valence-electron chi connectivity index (χ4n) is 2.96. The standard InChI is InChI=1S/C17H28N2O/c1-4-14(2)19(11-12-20-3)10-9-15-13-18-17-8-6-5-7-16(15)17/h5-8,14-15,18H,4,9-13H2,1-3H3. The Hall–Kier alpha value is -1.06. The monoisotopic (exact) mass is 276 g/mol. The summed E-state index contributed by atoms with van der Waals surface area (Å²) in [6.45, 7) is 8.67. The lowest BCUT2D eigenvalue weighted by Crippen LogP contribution is -2.36. The Kier molecular flexibility index (Phi) is 5.86. The second-order valence-corrected chi connectivity index (χ2v) is 5.74. The number of nitrogens with one attached hydrogen (secondary N) is 1. The highest BCUT2D eigenvalue weighted by Crippen LogP contribution is 2.33. The van der Waals surface area contributed by atoms with Crippen LogP contribution in [0.1, 0.15) is 38.2 Å². The summed E-state index contributed by atoms with van der Waals surface area (Å²) >= 11 is 0. The number of fused-ring (bicyclic) bond motifs is 1. The largest absolute Gasteiger partial charge is 0.384 e. The number of ether oxygens (including phenoxy) is 1. The number of hydrogen-bond acceptors (Lipinski definition) is 3. The number of anilines is 1. The van der Waals surface area contributed by atoms with Gasteiger partial charge in [-0.15, -0.1) is 0 Å². The first kappa shape index (κ1) is 15.3. The van der Waals surface area contributed by atoms with E-state index in [4.69, 9.17) is 4.74 Å². The fraction of sp³-hybridized carbons (Fsp3) is 0.647. The van der Waals surface area contributed by atoms with Gasteiger partial charge in [0.25, 0.3) is 0 Å². The van der Waals surface area contributed by atoms with Crippen LogP contribution in [-0.4, -0.2) is 44.3 Å². The van der Waals surface area contributed by atoms with E-state index in [9.17, 15) is 0 Å². The molecule has 20 heavy (non-hydrogen) atoms. The molecule has 1 aliphatic heterocycles. The quantitative estimate of drug-likeness (QED) is 0.788. The van der Waals surface area contributed by atoms with Crippen molar-refractivity contribution >= 4 is 5.69 Å². The Bertz CT molecular complexity index is 408. The van der Waals surface area contributed by atoms with Gasteiger partial charge < -0.3 is 10.1 Å². The molecule has 0 radical (unpaired) electrons. The minimum absolute atomic E-state index is 0.634. The maximum absolute atomic E-state index is 5.24. The number of nitrogens with zero attached hydrogens (tertiary/aromatic N) is 1. The molecule has 2 unspecified atom stereocenters. The van der Waals surface area contributed by atoms with Crippen molar-refractivity contribution in [1.82, 2.24) is 4.90 Å². The van der Waals surface area contributed by atoms with E-state index in [-0.39, 0.29) is 0 Å². The molecule has 0 fully saturated rings. The van der Waals surface area contributed by atoms with Gasteiger partial charge in [0.05, 0.1) is 6.61 Å². The Morgan fingerprint density at radius 2 is 2.15 bits per heavy atom. The van der Waals surface area contributed by atoms with Gasteiger partial charge in [-0.05, 0) is 37.9 Å². The van der Waals surface area contributed by atoms with Crippen LogP contribution in [0, 0.1) is 0 Å². The van der Waals surface area contributed by atoms with Crippen molar-refractivity contribution in [3.8, 4) is 0 Å². The topological polar surface area (TPSA) is 24.5 Å². The summed E-state index contributed by atoms with van der Waals surface area (Å²) in [7, 11) is 1.78. The number of rotatable bonds is 8. The third-order valence-electron chi connectivity index (χ3n) is 4.50. The van der Waals surface area contributed by atoms with Crippen LogP contribution >= 0.6 is 0 Å². The summed E-state index contributed by atoms with van der Waals surface area (Å²) < 4.78 is 5.24. The predicted octanol–water partition coefficient (Wildman–Crippen LogP) is 3.33. The maximum atomic E-state index is 5.24. The average molecular weight is 276 g/mol. The van der Waals surface area contributed by atoms with E-state index in [0.717, 1.165) is 26.2 Å². The highest BCUT2D eigenvalue weighted by atomic mass is 16.5. The van der Waals surface area contributed by atoms with Crippen molar-refractivity contribution in [1.29, 1.82) is 0 Å². The number of methoxy groups -OCH3 is 1. The van der Waals surface area contributed by atoms with E-state index in [1.165, 1.54) is 24.1 Å². The molecule has 3 heteroatoms. The van der Waals surface area contributed by atoms with Crippen molar-refractivity contribution in [3.05, 3.63) is 29.8 Å². The molecule has 112 valence electrons. The maximum Gasteiger partial charge on any atom is 0.0589 e. The molecule has 0 bridgehead atoms. The van der Waals surface area contributed by atoms with Gasteiger partial charge in [0.2, 0.25) is 0 Å². The number of benzene rings is 1. The molecule has 1 aliphatic rings. The van der Waals surface area contributed by atoms with Crippen LogP contribution in [-0.2, 0) is 4.74 Å². The molecule has 1 aromatic carbocycles. The molecular formula is C17H28N2O. The molecule has 2 atom stereocenters. The minimum Gasteiger partial charge on any atom is -0.384 e. The van der Waals surface area contributed by atoms with E-state index >= 15 is 0 Å². The number of hydrogen-bond donors (Lipinski definition) is 1. The smallest absolute Gasteiger partial charge is 0.0589 e. The third kappa shape index (κ3) is 3.74. The molecule has 0 spiro atoms. The zero-order valence-corrected chi connectivity index (χ0v) is 13.1. The van der Waals surface area contributed by atoms with E-state index in [0.29, 0.717) is 12.0 Å². The molecule has 0 saturated carbocycles. The van der Waals surface area contributed by atoms with E-state index in [2.05, 4.69) is 48.3 Å². The van der Waals surface area contributed by atoms with Crippen molar-refractivity contribution in [2.75, 3.05) is 38.7 Å². The zero-order chi connectivity index (χ0) is 14.4. The molecular weight excluding hydrogens is 248 g/mol. The van der Waals surface area contributed by atoms with Gasteiger partial charge in [-0.2, -0.15) is 0 Å². The van der Waals surface area contributed by atoms with E-state index in [1.54, 1.807) is 7.11 Å².